The van der Waals surface area contributed by atoms with E-state index >= 15 is 0 Å². The van der Waals surface area contributed by atoms with Crippen LogP contribution in [0.1, 0.15) is 33.3 Å². The van der Waals surface area contributed by atoms with Gasteiger partial charge in [-0.15, -0.1) is 0 Å². The van der Waals surface area contributed by atoms with Crippen LogP contribution in [0, 0.1) is 5.92 Å². The van der Waals surface area contributed by atoms with Crippen molar-refractivity contribution in [1.29, 1.82) is 0 Å². The Hall–Kier alpha value is -1.06. The van der Waals surface area contributed by atoms with Crippen molar-refractivity contribution in [3.05, 3.63) is 29.8 Å². The van der Waals surface area contributed by atoms with Gasteiger partial charge in [0.05, 0.1) is 6.61 Å². The number of hydrogen-bond donors (Lipinski definition) is 1. The van der Waals surface area contributed by atoms with Gasteiger partial charge < -0.3 is 14.8 Å². The zero-order valence-electron chi connectivity index (χ0n) is 13.3. The molecule has 0 fully saturated rings. The van der Waals surface area contributed by atoms with Crippen molar-refractivity contribution in [2.75, 3.05) is 26.4 Å². The number of likely N-dealkylation sites (N-methyl/N-ethyl adjacent to an activating group) is 1. The zero-order valence-corrected chi connectivity index (χ0v) is 13.3. The first-order valence-electron chi connectivity index (χ1n) is 7.64. The third-order valence-electron chi connectivity index (χ3n) is 2.97. The van der Waals surface area contributed by atoms with E-state index < -0.39 is 0 Å². The van der Waals surface area contributed by atoms with Gasteiger partial charge in [-0.1, -0.05) is 32.9 Å². The maximum absolute atomic E-state index is 5.65. The SMILES string of the molecule is CCNC(C)Cc1ccc(OCCOCC(C)C)cc1. The fourth-order valence-electron chi connectivity index (χ4n) is 2.03. The lowest BCUT2D eigenvalue weighted by atomic mass is 10.1. The minimum Gasteiger partial charge on any atom is -0.491 e. The minimum absolute atomic E-state index is 0.510. The number of nitrogens with one attached hydrogen (secondary N) is 1. The molecule has 0 aliphatic rings. The van der Waals surface area contributed by atoms with Crippen molar-refractivity contribution in [3.8, 4) is 5.75 Å². The maximum Gasteiger partial charge on any atom is 0.119 e. The van der Waals surface area contributed by atoms with E-state index in [9.17, 15) is 0 Å². The van der Waals surface area contributed by atoms with Crippen molar-refractivity contribution in [3.63, 3.8) is 0 Å². The highest BCUT2D eigenvalue weighted by atomic mass is 16.5. The molecule has 3 heteroatoms. The highest BCUT2D eigenvalue weighted by Crippen LogP contribution is 2.13. The van der Waals surface area contributed by atoms with Gasteiger partial charge >= 0.3 is 0 Å². The number of hydrogen-bond acceptors (Lipinski definition) is 3. The Morgan fingerprint density at radius 3 is 2.35 bits per heavy atom. The van der Waals surface area contributed by atoms with E-state index in [2.05, 4.69) is 45.1 Å². The molecular formula is C17H29NO2. The smallest absolute Gasteiger partial charge is 0.119 e. The zero-order chi connectivity index (χ0) is 14.8. The molecule has 0 bridgehead atoms. The average Bonchev–Trinajstić information content (AvgIpc) is 2.40. The molecule has 0 spiro atoms. The largest absolute Gasteiger partial charge is 0.491 e. The molecular weight excluding hydrogens is 250 g/mol. The Morgan fingerprint density at radius 1 is 1.05 bits per heavy atom. The number of rotatable bonds is 10. The Balaban J connectivity index is 2.24. The van der Waals surface area contributed by atoms with Gasteiger partial charge in [-0.3, -0.25) is 0 Å². The minimum atomic E-state index is 0.510. The predicted molar refractivity (Wildman–Crippen MR) is 84.4 cm³/mol. The first kappa shape index (κ1) is 17.0. The van der Waals surface area contributed by atoms with Gasteiger partial charge in [0.25, 0.3) is 0 Å². The summed E-state index contributed by atoms with van der Waals surface area (Å²) in [7, 11) is 0. The standard InChI is InChI=1S/C17H29NO2/c1-5-18-15(4)12-16-6-8-17(9-7-16)20-11-10-19-13-14(2)3/h6-9,14-15,18H,5,10-13H2,1-4H3. The summed E-state index contributed by atoms with van der Waals surface area (Å²) >= 11 is 0. The molecule has 0 saturated heterocycles. The quantitative estimate of drug-likeness (QED) is 0.667. The highest BCUT2D eigenvalue weighted by molar-refractivity contribution is 5.27. The van der Waals surface area contributed by atoms with Crippen LogP contribution < -0.4 is 10.1 Å². The molecule has 1 atom stereocenters. The van der Waals surface area contributed by atoms with Crippen molar-refractivity contribution in [2.45, 2.75) is 40.2 Å². The maximum atomic E-state index is 5.65. The molecule has 0 amide bonds. The van der Waals surface area contributed by atoms with E-state index in [-0.39, 0.29) is 0 Å². The molecule has 0 saturated carbocycles. The van der Waals surface area contributed by atoms with Gasteiger partial charge in [0.1, 0.15) is 12.4 Å². The molecule has 0 aliphatic carbocycles. The van der Waals surface area contributed by atoms with Crippen molar-refractivity contribution in [1.82, 2.24) is 5.32 Å². The van der Waals surface area contributed by atoms with E-state index in [1.54, 1.807) is 0 Å². The predicted octanol–water partition coefficient (Wildman–Crippen LogP) is 3.28. The first-order valence-corrected chi connectivity index (χ1v) is 7.64. The van der Waals surface area contributed by atoms with E-state index in [0.717, 1.165) is 25.3 Å². The molecule has 1 aromatic carbocycles. The van der Waals surface area contributed by atoms with Crippen LogP contribution >= 0.6 is 0 Å². The topological polar surface area (TPSA) is 30.5 Å². The first-order chi connectivity index (χ1) is 9.61. The van der Waals surface area contributed by atoms with E-state index in [1.807, 2.05) is 12.1 Å². The lowest BCUT2D eigenvalue weighted by Crippen LogP contribution is -2.27. The third kappa shape index (κ3) is 7.51. The molecule has 1 aromatic rings. The van der Waals surface area contributed by atoms with Crippen molar-refractivity contribution < 1.29 is 9.47 Å². The van der Waals surface area contributed by atoms with Gasteiger partial charge in [-0.25, -0.2) is 0 Å². The monoisotopic (exact) mass is 279 g/mol. The van der Waals surface area contributed by atoms with Crippen LogP contribution in [0.25, 0.3) is 0 Å². The Bertz CT molecular complexity index is 349. The molecule has 0 heterocycles. The second-order valence-electron chi connectivity index (χ2n) is 5.62. The lowest BCUT2D eigenvalue weighted by Gasteiger charge is -2.13. The summed E-state index contributed by atoms with van der Waals surface area (Å²) in [5.74, 6) is 1.49. The van der Waals surface area contributed by atoms with Crippen molar-refractivity contribution >= 4 is 0 Å². The molecule has 0 aromatic heterocycles. The van der Waals surface area contributed by atoms with Gasteiger partial charge in [-0.2, -0.15) is 0 Å². The van der Waals surface area contributed by atoms with E-state index in [4.69, 9.17) is 9.47 Å². The van der Waals surface area contributed by atoms with Crippen molar-refractivity contribution in [2.24, 2.45) is 5.92 Å². The van der Waals surface area contributed by atoms with Crippen LogP contribution in [0.15, 0.2) is 24.3 Å². The summed E-state index contributed by atoms with van der Waals surface area (Å²) in [5, 5.41) is 3.42. The number of ether oxygens (including phenoxy) is 2. The second-order valence-corrected chi connectivity index (χ2v) is 5.62. The van der Waals surface area contributed by atoms with Gasteiger partial charge in [0.2, 0.25) is 0 Å². The lowest BCUT2D eigenvalue weighted by molar-refractivity contribution is 0.0819. The fourth-order valence-corrected chi connectivity index (χ4v) is 2.03. The van der Waals surface area contributed by atoms with Crippen LogP contribution in [0.2, 0.25) is 0 Å². The Labute approximate surface area is 123 Å². The van der Waals surface area contributed by atoms with Crippen LogP contribution in [-0.4, -0.2) is 32.4 Å². The molecule has 114 valence electrons. The van der Waals surface area contributed by atoms with E-state index in [1.165, 1.54) is 5.56 Å². The molecule has 0 aliphatic heterocycles. The summed E-state index contributed by atoms with van der Waals surface area (Å²) in [6.45, 7) is 11.7. The summed E-state index contributed by atoms with van der Waals surface area (Å²) in [6.07, 6.45) is 1.05. The highest BCUT2D eigenvalue weighted by Gasteiger charge is 2.02. The molecule has 1 unspecified atom stereocenters. The van der Waals surface area contributed by atoms with Gasteiger partial charge in [0.15, 0.2) is 0 Å². The molecule has 1 N–H and O–H groups in total. The Morgan fingerprint density at radius 2 is 1.75 bits per heavy atom. The fraction of sp³-hybridized carbons (Fsp3) is 0.647. The van der Waals surface area contributed by atoms with Crippen LogP contribution in [-0.2, 0) is 11.2 Å². The third-order valence-corrected chi connectivity index (χ3v) is 2.97. The summed E-state index contributed by atoms with van der Waals surface area (Å²) in [6, 6.07) is 8.86. The van der Waals surface area contributed by atoms with Gasteiger partial charge in [-0.05, 0) is 43.5 Å². The van der Waals surface area contributed by atoms with E-state index in [0.29, 0.717) is 25.2 Å². The summed E-state index contributed by atoms with van der Waals surface area (Å²) in [4.78, 5) is 0. The normalized spacial score (nSPS) is 12.7. The molecule has 3 nitrogen and oxygen atoms in total. The number of benzene rings is 1. The van der Waals surface area contributed by atoms with Crippen LogP contribution in [0.5, 0.6) is 5.75 Å². The molecule has 20 heavy (non-hydrogen) atoms. The molecule has 1 rings (SSSR count). The average molecular weight is 279 g/mol. The molecule has 0 radical (unpaired) electrons. The summed E-state index contributed by atoms with van der Waals surface area (Å²) in [5.41, 5.74) is 1.34. The van der Waals surface area contributed by atoms with Crippen LogP contribution in [0.3, 0.4) is 0 Å². The van der Waals surface area contributed by atoms with Gasteiger partial charge in [0, 0.05) is 12.6 Å². The second kappa shape index (κ2) is 9.78. The Kier molecular flexibility index (Phi) is 8.31. The summed E-state index contributed by atoms with van der Waals surface area (Å²) < 4.78 is 11.1. The van der Waals surface area contributed by atoms with Crippen LogP contribution in [0.4, 0.5) is 0 Å².